The lowest BCUT2D eigenvalue weighted by molar-refractivity contribution is -0.127. The molecule has 0 saturated carbocycles. The van der Waals surface area contributed by atoms with Crippen molar-refractivity contribution in [1.82, 2.24) is 20.5 Å². The summed E-state index contributed by atoms with van der Waals surface area (Å²) in [6, 6.07) is 6.49. The molecule has 3 heterocycles. The Hall–Kier alpha value is -3.36. The summed E-state index contributed by atoms with van der Waals surface area (Å²) < 4.78 is 5.40. The van der Waals surface area contributed by atoms with E-state index >= 15 is 0 Å². The van der Waals surface area contributed by atoms with Crippen LogP contribution in [0.3, 0.4) is 0 Å². The van der Waals surface area contributed by atoms with Gasteiger partial charge in [0, 0.05) is 36.0 Å². The minimum Gasteiger partial charge on any atom is -0.496 e. The van der Waals surface area contributed by atoms with Gasteiger partial charge in [0.05, 0.1) is 13.7 Å². The van der Waals surface area contributed by atoms with E-state index in [0.717, 1.165) is 17.3 Å². The van der Waals surface area contributed by atoms with E-state index < -0.39 is 6.04 Å². The summed E-state index contributed by atoms with van der Waals surface area (Å²) in [5.74, 6) is 0.319. The second-order valence-electron chi connectivity index (χ2n) is 9.04. The number of aromatic nitrogens is 1. The summed E-state index contributed by atoms with van der Waals surface area (Å²) in [5.41, 5.74) is 1.23. The van der Waals surface area contributed by atoms with Gasteiger partial charge in [0.2, 0.25) is 11.8 Å². The molecular weight excluding hydrogens is 422 g/mol. The Morgan fingerprint density at radius 2 is 2.21 bits per heavy atom. The number of carbonyl (C=O) groups excluding carboxylic acids is 3. The van der Waals surface area contributed by atoms with E-state index in [4.69, 9.17) is 4.74 Å². The van der Waals surface area contributed by atoms with E-state index in [1.54, 1.807) is 18.1 Å². The highest BCUT2D eigenvalue weighted by Crippen LogP contribution is 2.29. The Kier molecular flexibility index (Phi) is 6.67. The van der Waals surface area contributed by atoms with Crippen LogP contribution in [0.2, 0.25) is 0 Å². The summed E-state index contributed by atoms with van der Waals surface area (Å²) in [7, 11) is 1.59. The van der Waals surface area contributed by atoms with E-state index in [1.165, 1.54) is 0 Å². The molecule has 0 radical (unpaired) electrons. The van der Waals surface area contributed by atoms with E-state index in [9.17, 15) is 14.4 Å². The number of likely N-dealkylation sites (tertiary alicyclic amines) is 1. The molecule has 4 rings (SSSR count). The van der Waals surface area contributed by atoms with Crippen molar-refractivity contribution >= 4 is 35.3 Å². The second-order valence-corrected chi connectivity index (χ2v) is 9.04. The zero-order chi connectivity index (χ0) is 23.5. The number of hydrogen-bond donors (Lipinski definition) is 3. The number of methoxy groups -OCH3 is 1. The minimum absolute atomic E-state index is 0.0128. The Bertz CT molecular complexity index is 1060. The van der Waals surface area contributed by atoms with Gasteiger partial charge in [-0.1, -0.05) is 13.0 Å². The SMILES string of the molecule is C=NC[C@H](C[C@@H]1CCNC1=O)NC(=O)[C@@H]1C[C@@H](C)CN1C(=O)c1cc2c(OC)cccc2[nH]1. The van der Waals surface area contributed by atoms with Crippen LogP contribution in [0.25, 0.3) is 10.9 Å². The molecule has 1 aromatic carbocycles. The number of aromatic amines is 1. The molecule has 176 valence electrons. The van der Waals surface area contributed by atoms with Gasteiger partial charge >= 0.3 is 0 Å². The van der Waals surface area contributed by atoms with Crippen LogP contribution in [0.15, 0.2) is 29.3 Å². The number of rotatable bonds is 8. The molecule has 0 unspecified atom stereocenters. The van der Waals surface area contributed by atoms with Gasteiger partial charge in [-0.05, 0) is 50.1 Å². The molecule has 9 nitrogen and oxygen atoms in total. The maximum atomic E-state index is 13.4. The maximum absolute atomic E-state index is 13.4. The van der Waals surface area contributed by atoms with Gasteiger partial charge in [-0.2, -0.15) is 0 Å². The molecule has 2 saturated heterocycles. The van der Waals surface area contributed by atoms with Crippen LogP contribution in [0, 0.1) is 11.8 Å². The third-order valence-electron chi connectivity index (χ3n) is 6.58. The van der Waals surface area contributed by atoms with Gasteiger partial charge in [-0.15, -0.1) is 0 Å². The highest BCUT2D eigenvalue weighted by molar-refractivity contribution is 6.01. The third kappa shape index (κ3) is 4.72. The van der Waals surface area contributed by atoms with E-state index in [0.29, 0.717) is 43.9 Å². The lowest BCUT2D eigenvalue weighted by Crippen LogP contribution is -2.50. The van der Waals surface area contributed by atoms with Crippen molar-refractivity contribution in [2.45, 2.75) is 38.3 Å². The Balaban J connectivity index is 1.50. The van der Waals surface area contributed by atoms with Gasteiger partial charge < -0.3 is 25.3 Å². The van der Waals surface area contributed by atoms with Gasteiger partial charge in [0.25, 0.3) is 5.91 Å². The van der Waals surface area contributed by atoms with Crippen molar-refractivity contribution in [3.05, 3.63) is 30.0 Å². The number of amides is 3. The molecule has 0 aliphatic carbocycles. The fourth-order valence-corrected chi connectivity index (χ4v) is 4.94. The van der Waals surface area contributed by atoms with Crippen LogP contribution < -0.4 is 15.4 Å². The lowest BCUT2D eigenvalue weighted by Gasteiger charge is -2.26. The standard InChI is InChI=1S/C24H31N5O4/c1-14-9-20(23(31)27-16(12-25-2)10-15-7-8-26-22(15)30)29(13-14)24(32)19-11-17-18(28-19)5-4-6-21(17)33-3/h4-6,11,14-16,20,28H,2,7-10,12-13H2,1,3H3,(H,26,30)(H,27,31)/t14-,15+,16+,20+/m1/s1. The minimum atomic E-state index is -0.578. The molecule has 2 aliphatic heterocycles. The highest BCUT2D eigenvalue weighted by Gasteiger charge is 2.39. The molecular formula is C24H31N5O4. The molecule has 3 amide bonds. The third-order valence-corrected chi connectivity index (χ3v) is 6.58. The van der Waals surface area contributed by atoms with E-state index in [-0.39, 0.29) is 35.6 Å². The average Bonchev–Trinajstić information content (AvgIpc) is 3.51. The first-order valence-electron chi connectivity index (χ1n) is 11.4. The average molecular weight is 454 g/mol. The normalized spacial score (nSPS) is 23.4. The predicted molar refractivity (Wildman–Crippen MR) is 126 cm³/mol. The molecule has 0 spiro atoms. The fourth-order valence-electron chi connectivity index (χ4n) is 4.94. The van der Waals surface area contributed by atoms with Crippen molar-refractivity contribution in [2.75, 3.05) is 26.7 Å². The number of fused-ring (bicyclic) bond motifs is 1. The maximum Gasteiger partial charge on any atom is 0.270 e. The number of nitrogens with zero attached hydrogens (tertiary/aromatic N) is 2. The first-order valence-corrected chi connectivity index (χ1v) is 11.4. The second kappa shape index (κ2) is 9.64. The van der Waals surface area contributed by atoms with Crippen LogP contribution in [0.5, 0.6) is 5.75 Å². The van der Waals surface area contributed by atoms with Crippen molar-refractivity contribution < 1.29 is 19.1 Å². The van der Waals surface area contributed by atoms with Gasteiger partial charge in [-0.25, -0.2) is 0 Å². The monoisotopic (exact) mass is 453 g/mol. The molecule has 9 heteroatoms. The topological polar surface area (TPSA) is 116 Å². The van der Waals surface area contributed by atoms with Gasteiger partial charge in [0.1, 0.15) is 17.5 Å². The number of ether oxygens (including phenoxy) is 1. The van der Waals surface area contributed by atoms with Crippen molar-refractivity contribution in [1.29, 1.82) is 0 Å². The summed E-state index contributed by atoms with van der Waals surface area (Å²) in [4.78, 5) is 47.4. The molecule has 2 aromatic rings. The summed E-state index contributed by atoms with van der Waals surface area (Å²) in [6.07, 6.45) is 1.84. The fraction of sp³-hybridized carbons (Fsp3) is 0.500. The molecule has 33 heavy (non-hydrogen) atoms. The van der Waals surface area contributed by atoms with Crippen molar-refractivity contribution in [3.63, 3.8) is 0 Å². The zero-order valence-electron chi connectivity index (χ0n) is 19.1. The number of H-pyrrole nitrogens is 1. The van der Waals surface area contributed by atoms with Crippen molar-refractivity contribution in [2.24, 2.45) is 16.8 Å². The zero-order valence-corrected chi connectivity index (χ0v) is 19.1. The van der Waals surface area contributed by atoms with Crippen LogP contribution >= 0.6 is 0 Å². The van der Waals surface area contributed by atoms with E-state index in [1.807, 2.05) is 25.1 Å². The van der Waals surface area contributed by atoms with Crippen molar-refractivity contribution in [3.8, 4) is 5.75 Å². The van der Waals surface area contributed by atoms with Crippen LogP contribution in [-0.4, -0.2) is 73.2 Å². The Labute approximate surface area is 193 Å². The first-order chi connectivity index (χ1) is 15.9. The predicted octanol–water partition coefficient (Wildman–Crippen LogP) is 1.74. The van der Waals surface area contributed by atoms with Crippen LogP contribution in [0.4, 0.5) is 0 Å². The van der Waals surface area contributed by atoms with Crippen LogP contribution in [0.1, 0.15) is 36.7 Å². The van der Waals surface area contributed by atoms with E-state index in [2.05, 4.69) is 27.3 Å². The van der Waals surface area contributed by atoms with Crippen LogP contribution in [-0.2, 0) is 9.59 Å². The summed E-state index contributed by atoms with van der Waals surface area (Å²) in [5, 5.41) is 6.68. The quantitative estimate of drug-likeness (QED) is 0.528. The largest absolute Gasteiger partial charge is 0.496 e. The molecule has 2 fully saturated rings. The number of nitrogens with one attached hydrogen (secondary N) is 3. The number of carbonyl (C=O) groups is 3. The highest BCUT2D eigenvalue weighted by atomic mass is 16.5. The molecule has 3 N–H and O–H groups in total. The molecule has 0 bridgehead atoms. The summed E-state index contributed by atoms with van der Waals surface area (Å²) in [6.45, 7) is 7.06. The molecule has 2 aliphatic rings. The smallest absolute Gasteiger partial charge is 0.270 e. The first kappa shape index (κ1) is 22.8. The van der Waals surface area contributed by atoms with Gasteiger partial charge in [0.15, 0.2) is 0 Å². The van der Waals surface area contributed by atoms with Gasteiger partial charge in [-0.3, -0.25) is 19.4 Å². The number of aliphatic imine (C=N–C) groups is 1. The number of benzene rings is 1. The molecule has 1 aromatic heterocycles. The Morgan fingerprint density at radius 1 is 1.39 bits per heavy atom. The molecule has 4 atom stereocenters. The lowest BCUT2D eigenvalue weighted by atomic mass is 9.98. The summed E-state index contributed by atoms with van der Waals surface area (Å²) >= 11 is 0. The number of hydrogen-bond acceptors (Lipinski definition) is 5. The Morgan fingerprint density at radius 3 is 2.91 bits per heavy atom.